The van der Waals surface area contributed by atoms with E-state index in [0.717, 1.165) is 25.7 Å². The third-order valence-electron chi connectivity index (χ3n) is 4.75. The number of rotatable bonds is 12. The van der Waals surface area contributed by atoms with Crippen molar-refractivity contribution in [2.75, 3.05) is 12.5 Å². The normalized spacial score (nSPS) is 11.2. The summed E-state index contributed by atoms with van der Waals surface area (Å²) in [5.74, 6) is -0.880. The van der Waals surface area contributed by atoms with Gasteiger partial charge in [0, 0.05) is 0 Å². The second-order valence-corrected chi connectivity index (χ2v) is 17.8. The van der Waals surface area contributed by atoms with Crippen molar-refractivity contribution in [2.45, 2.75) is 58.5 Å². The SMILES string of the molecule is CCC[CH2][Sn]([CH2]CCC)([O]C(=O)c1cccnc1SC)[O]C(=O)c1cccnc1SC. The van der Waals surface area contributed by atoms with Crippen molar-refractivity contribution in [3.63, 3.8) is 0 Å². The van der Waals surface area contributed by atoms with Crippen LogP contribution in [0.5, 0.6) is 0 Å². The fourth-order valence-corrected chi connectivity index (χ4v) is 13.8. The molecule has 0 unspecified atom stereocenters. The van der Waals surface area contributed by atoms with Crippen molar-refractivity contribution in [1.82, 2.24) is 9.97 Å². The molecule has 2 aromatic rings. The molecule has 0 saturated heterocycles. The van der Waals surface area contributed by atoms with Crippen molar-refractivity contribution in [3.05, 3.63) is 47.8 Å². The maximum atomic E-state index is 13.2. The number of unbranched alkanes of at least 4 members (excludes halogenated alkanes) is 2. The average molecular weight is 569 g/mol. The summed E-state index contributed by atoms with van der Waals surface area (Å²) in [5.41, 5.74) is 0.845. The fraction of sp³-hybridized carbons (Fsp3) is 0.455. The molecular formula is C22H30N2O4S2Sn. The van der Waals surface area contributed by atoms with Crippen LogP contribution in [0.2, 0.25) is 8.87 Å². The molecule has 0 saturated carbocycles. The van der Waals surface area contributed by atoms with Crippen LogP contribution in [0.3, 0.4) is 0 Å². The molecule has 2 aromatic heterocycles. The second-order valence-electron chi connectivity index (χ2n) is 7.02. The molecule has 0 aromatic carbocycles. The Kier molecular flexibility index (Phi) is 11.2. The van der Waals surface area contributed by atoms with Gasteiger partial charge in [-0.25, -0.2) is 0 Å². The van der Waals surface area contributed by atoms with Crippen LogP contribution in [-0.2, 0) is 6.15 Å². The van der Waals surface area contributed by atoms with Gasteiger partial charge in [0.1, 0.15) is 0 Å². The topological polar surface area (TPSA) is 78.4 Å². The first-order valence-corrected chi connectivity index (χ1v) is 19.3. The first kappa shape index (κ1) is 26.0. The van der Waals surface area contributed by atoms with Gasteiger partial charge >= 0.3 is 199 Å². The average Bonchev–Trinajstić information content (AvgIpc) is 2.81. The van der Waals surface area contributed by atoms with E-state index in [0.29, 0.717) is 30.1 Å². The third kappa shape index (κ3) is 7.39. The molecule has 0 radical (unpaired) electrons. The molecule has 31 heavy (non-hydrogen) atoms. The Morgan fingerprint density at radius 1 is 0.839 bits per heavy atom. The second kappa shape index (κ2) is 13.3. The minimum atomic E-state index is -4.11. The number of aromatic nitrogens is 2. The van der Waals surface area contributed by atoms with Crippen LogP contribution in [0.1, 0.15) is 60.2 Å². The van der Waals surface area contributed by atoms with Gasteiger partial charge in [0.05, 0.1) is 0 Å². The van der Waals surface area contributed by atoms with Gasteiger partial charge in [-0.05, 0) is 0 Å². The zero-order chi connectivity index (χ0) is 22.7. The summed E-state index contributed by atoms with van der Waals surface area (Å²) in [4.78, 5) is 34.9. The van der Waals surface area contributed by atoms with Crippen molar-refractivity contribution in [3.8, 4) is 0 Å². The molecule has 6 nitrogen and oxygen atoms in total. The van der Waals surface area contributed by atoms with Gasteiger partial charge in [-0.1, -0.05) is 0 Å². The van der Waals surface area contributed by atoms with Crippen molar-refractivity contribution in [1.29, 1.82) is 0 Å². The van der Waals surface area contributed by atoms with Gasteiger partial charge in [-0.15, -0.1) is 0 Å². The quantitative estimate of drug-likeness (QED) is 0.229. The van der Waals surface area contributed by atoms with Crippen LogP contribution < -0.4 is 0 Å². The van der Waals surface area contributed by atoms with E-state index in [1.165, 1.54) is 23.5 Å². The van der Waals surface area contributed by atoms with Crippen molar-refractivity contribution < 1.29 is 15.7 Å². The molecule has 9 heteroatoms. The van der Waals surface area contributed by atoms with E-state index in [4.69, 9.17) is 6.15 Å². The van der Waals surface area contributed by atoms with Crippen molar-refractivity contribution in [2.24, 2.45) is 0 Å². The summed E-state index contributed by atoms with van der Waals surface area (Å²) >= 11 is -1.33. The van der Waals surface area contributed by atoms with Gasteiger partial charge in [0.15, 0.2) is 0 Å². The van der Waals surface area contributed by atoms with E-state index in [1.807, 2.05) is 12.5 Å². The predicted molar refractivity (Wildman–Crippen MR) is 128 cm³/mol. The van der Waals surface area contributed by atoms with Crippen LogP contribution in [0.15, 0.2) is 46.7 Å². The molecule has 0 aliphatic rings. The summed E-state index contributed by atoms with van der Waals surface area (Å²) in [6, 6.07) is 6.87. The van der Waals surface area contributed by atoms with Crippen LogP contribution in [0.4, 0.5) is 0 Å². The number of hydrogen-bond donors (Lipinski definition) is 0. The fourth-order valence-electron chi connectivity index (χ4n) is 3.11. The van der Waals surface area contributed by atoms with E-state index in [9.17, 15) is 9.59 Å². The Morgan fingerprint density at radius 3 is 1.61 bits per heavy atom. The number of pyridine rings is 2. The molecule has 0 spiro atoms. The predicted octanol–water partition coefficient (Wildman–Crippen LogP) is 5.98. The minimum absolute atomic E-state index is 0.423. The Morgan fingerprint density at radius 2 is 1.26 bits per heavy atom. The van der Waals surface area contributed by atoms with Crippen LogP contribution in [-0.4, -0.2) is 53.6 Å². The maximum absolute atomic E-state index is 13.2. The molecule has 0 aliphatic carbocycles. The van der Waals surface area contributed by atoms with E-state index < -0.39 is 31.1 Å². The summed E-state index contributed by atoms with van der Waals surface area (Å²) in [5, 5.41) is 1.23. The molecule has 2 heterocycles. The summed E-state index contributed by atoms with van der Waals surface area (Å²) in [6.45, 7) is 4.17. The molecule has 0 N–H and O–H groups in total. The Labute approximate surface area is 198 Å². The van der Waals surface area contributed by atoms with Crippen LogP contribution in [0.25, 0.3) is 0 Å². The molecular weight excluding hydrogens is 539 g/mol. The number of nitrogens with zero attached hydrogens (tertiary/aromatic N) is 2. The molecule has 0 fully saturated rings. The zero-order valence-corrected chi connectivity index (χ0v) is 23.0. The van der Waals surface area contributed by atoms with E-state index in [1.54, 1.807) is 36.7 Å². The monoisotopic (exact) mass is 570 g/mol. The molecule has 2 rings (SSSR count). The number of hydrogen-bond acceptors (Lipinski definition) is 8. The molecule has 168 valence electrons. The van der Waals surface area contributed by atoms with Gasteiger partial charge in [-0.2, -0.15) is 0 Å². The van der Waals surface area contributed by atoms with E-state index >= 15 is 0 Å². The van der Waals surface area contributed by atoms with Gasteiger partial charge in [-0.3, -0.25) is 0 Å². The number of thioether (sulfide) groups is 2. The summed E-state index contributed by atoms with van der Waals surface area (Å²) in [6.07, 6.45) is 10.6. The molecule has 0 bridgehead atoms. The van der Waals surface area contributed by atoms with Gasteiger partial charge in [0.25, 0.3) is 0 Å². The van der Waals surface area contributed by atoms with Crippen LogP contribution in [0, 0.1) is 0 Å². The third-order valence-corrected chi connectivity index (χ3v) is 15.7. The van der Waals surface area contributed by atoms with Gasteiger partial charge in [0.2, 0.25) is 0 Å². The summed E-state index contributed by atoms with van der Waals surface area (Å²) < 4.78 is 13.7. The summed E-state index contributed by atoms with van der Waals surface area (Å²) in [7, 11) is 0. The Bertz CT molecular complexity index is 811. The Hall–Kier alpha value is -1.26. The van der Waals surface area contributed by atoms with Crippen molar-refractivity contribution >= 4 is 54.7 Å². The van der Waals surface area contributed by atoms with Crippen LogP contribution >= 0.6 is 23.5 Å². The number of carbonyl (C=O) groups is 2. The molecule has 0 amide bonds. The zero-order valence-electron chi connectivity index (χ0n) is 18.6. The molecule has 0 aliphatic heterocycles. The standard InChI is InChI=1S/2C7H7NO2S.2C4H9.Sn/c2*1-11-6-5(7(9)10)3-2-4-8-6;2*1-3-4-2;/h2*2-4H,1H3,(H,9,10);2*1,3-4H2,2H3;/q;;;;+2/p-2. The Balaban J connectivity index is 2.39. The first-order chi connectivity index (χ1) is 15.0. The number of carbonyl (C=O) groups excluding carboxylic acids is 2. The molecule has 0 atom stereocenters. The van der Waals surface area contributed by atoms with Gasteiger partial charge < -0.3 is 0 Å². The van der Waals surface area contributed by atoms with E-state index in [2.05, 4.69) is 23.8 Å². The van der Waals surface area contributed by atoms with E-state index in [-0.39, 0.29) is 0 Å². The first-order valence-electron chi connectivity index (χ1n) is 10.4.